The first-order chi connectivity index (χ1) is 16.0. The lowest BCUT2D eigenvalue weighted by Gasteiger charge is -2.12. The van der Waals surface area contributed by atoms with Gasteiger partial charge in [0.1, 0.15) is 17.8 Å². The van der Waals surface area contributed by atoms with Crippen molar-refractivity contribution in [3.63, 3.8) is 0 Å². The standard InChI is InChI=1S/C25H25F2NO5/c1-2-30-21-6-4-3-5-17(21)11-20(29)13-19-15-32-24(28-19)18-9-10-22(33-25(26)27)23(12-18)31-14-16-7-8-16/h3-6,9-10,12,15-16,25H,2,7-8,11,13-14H2,1H3. The molecule has 0 N–H and O–H groups in total. The zero-order chi connectivity index (χ0) is 23.2. The molecule has 1 saturated carbocycles. The summed E-state index contributed by atoms with van der Waals surface area (Å²) in [6, 6.07) is 12.0. The van der Waals surface area contributed by atoms with Gasteiger partial charge in [0.2, 0.25) is 5.89 Å². The number of halogens is 2. The van der Waals surface area contributed by atoms with E-state index < -0.39 is 6.61 Å². The van der Waals surface area contributed by atoms with Crippen LogP contribution in [0.4, 0.5) is 8.78 Å². The van der Waals surface area contributed by atoms with Crippen LogP contribution in [-0.4, -0.2) is 30.6 Å². The van der Waals surface area contributed by atoms with Gasteiger partial charge in [-0.25, -0.2) is 4.98 Å². The summed E-state index contributed by atoms with van der Waals surface area (Å²) in [5.41, 5.74) is 1.85. The lowest BCUT2D eigenvalue weighted by atomic mass is 10.1. The van der Waals surface area contributed by atoms with Crippen LogP contribution >= 0.6 is 0 Å². The number of carbonyl (C=O) groups excluding carboxylic acids is 1. The molecule has 33 heavy (non-hydrogen) atoms. The van der Waals surface area contributed by atoms with Gasteiger partial charge in [0, 0.05) is 17.5 Å². The molecule has 8 heteroatoms. The smallest absolute Gasteiger partial charge is 0.387 e. The van der Waals surface area contributed by atoms with Crippen LogP contribution in [0.3, 0.4) is 0 Å². The van der Waals surface area contributed by atoms with E-state index in [0.717, 1.165) is 18.4 Å². The molecular weight excluding hydrogens is 432 g/mol. The number of nitrogens with zero attached hydrogens (tertiary/aromatic N) is 1. The van der Waals surface area contributed by atoms with E-state index >= 15 is 0 Å². The third-order valence-corrected chi connectivity index (χ3v) is 5.17. The molecule has 0 bridgehead atoms. The summed E-state index contributed by atoms with van der Waals surface area (Å²) in [6.07, 6.45) is 3.88. The number of hydrogen-bond acceptors (Lipinski definition) is 6. The van der Waals surface area contributed by atoms with E-state index in [-0.39, 0.29) is 36.0 Å². The predicted octanol–water partition coefficient (Wildman–Crippen LogP) is 5.48. The SMILES string of the molecule is CCOc1ccccc1CC(=O)Cc1coc(-c2ccc(OC(F)F)c(OCC3CC3)c2)n1. The first-order valence-corrected chi connectivity index (χ1v) is 10.9. The van der Waals surface area contributed by atoms with Gasteiger partial charge in [-0.2, -0.15) is 8.78 Å². The molecule has 1 aliphatic carbocycles. The molecule has 0 saturated heterocycles. The van der Waals surface area contributed by atoms with Crippen LogP contribution in [0.15, 0.2) is 53.1 Å². The number of ether oxygens (including phenoxy) is 3. The Balaban J connectivity index is 1.45. The third kappa shape index (κ3) is 6.31. The molecule has 0 radical (unpaired) electrons. The maximum Gasteiger partial charge on any atom is 0.387 e. The van der Waals surface area contributed by atoms with E-state index in [0.29, 0.717) is 36.1 Å². The van der Waals surface area contributed by atoms with Crippen molar-refractivity contribution in [3.05, 3.63) is 60.0 Å². The molecule has 1 aliphatic rings. The molecule has 0 spiro atoms. The highest BCUT2D eigenvalue weighted by atomic mass is 19.3. The molecule has 2 aromatic carbocycles. The van der Waals surface area contributed by atoms with E-state index in [9.17, 15) is 13.6 Å². The van der Waals surface area contributed by atoms with Crippen molar-refractivity contribution in [2.45, 2.75) is 39.2 Å². The Morgan fingerprint density at radius 1 is 1.09 bits per heavy atom. The van der Waals surface area contributed by atoms with Crippen molar-refractivity contribution in [2.75, 3.05) is 13.2 Å². The van der Waals surface area contributed by atoms with E-state index in [1.54, 1.807) is 12.1 Å². The van der Waals surface area contributed by atoms with E-state index in [1.165, 1.54) is 12.3 Å². The van der Waals surface area contributed by atoms with Crippen molar-refractivity contribution >= 4 is 5.78 Å². The van der Waals surface area contributed by atoms with Gasteiger partial charge in [0.05, 0.1) is 25.3 Å². The first kappa shape index (κ1) is 22.8. The van der Waals surface area contributed by atoms with E-state index in [1.807, 2.05) is 31.2 Å². The predicted molar refractivity (Wildman–Crippen MR) is 117 cm³/mol. The molecular formula is C25H25F2NO5. The highest BCUT2D eigenvalue weighted by Gasteiger charge is 2.23. The number of carbonyl (C=O) groups is 1. The number of benzene rings is 2. The Bertz CT molecular complexity index is 1090. The molecule has 4 rings (SSSR count). The Labute approximate surface area is 190 Å². The van der Waals surface area contributed by atoms with Gasteiger partial charge >= 0.3 is 6.61 Å². The van der Waals surface area contributed by atoms with Crippen molar-refractivity contribution in [1.82, 2.24) is 4.98 Å². The van der Waals surface area contributed by atoms with Gasteiger partial charge in [-0.3, -0.25) is 4.79 Å². The minimum Gasteiger partial charge on any atom is -0.494 e. The van der Waals surface area contributed by atoms with Crippen molar-refractivity contribution in [2.24, 2.45) is 5.92 Å². The summed E-state index contributed by atoms with van der Waals surface area (Å²) in [4.78, 5) is 17.0. The normalized spacial score (nSPS) is 13.2. The summed E-state index contributed by atoms with van der Waals surface area (Å²) in [5, 5.41) is 0. The highest BCUT2D eigenvalue weighted by molar-refractivity contribution is 5.83. The fourth-order valence-corrected chi connectivity index (χ4v) is 3.38. The maximum absolute atomic E-state index is 12.7. The average Bonchev–Trinajstić information content (AvgIpc) is 3.51. The number of alkyl halides is 2. The third-order valence-electron chi connectivity index (χ3n) is 5.17. The second kappa shape index (κ2) is 10.5. The molecule has 6 nitrogen and oxygen atoms in total. The number of rotatable bonds is 12. The molecule has 3 aromatic rings. The van der Waals surface area contributed by atoms with Crippen LogP contribution in [0, 0.1) is 5.92 Å². The number of para-hydroxylation sites is 1. The van der Waals surface area contributed by atoms with Gasteiger partial charge in [-0.05, 0) is 49.9 Å². The minimum atomic E-state index is -2.95. The maximum atomic E-state index is 12.7. The van der Waals surface area contributed by atoms with Crippen LogP contribution in [-0.2, 0) is 17.6 Å². The Morgan fingerprint density at radius 2 is 1.91 bits per heavy atom. The number of hydrogen-bond donors (Lipinski definition) is 0. The lowest BCUT2D eigenvalue weighted by Crippen LogP contribution is -2.08. The van der Waals surface area contributed by atoms with Gasteiger partial charge < -0.3 is 18.6 Å². The molecule has 1 aromatic heterocycles. The average molecular weight is 457 g/mol. The lowest BCUT2D eigenvalue weighted by molar-refractivity contribution is -0.117. The van der Waals surface area contributed by atoms with Crippen LogP contribution < -0.4 is 14.2 Å². The summed E-state index contributed by atoms with van der Waals surface area (Å²) >= 11 is 0. The van der Waals surface area contributed by atoms with Crippen LogP contribution in [0.1, 0.15) is 31.0 Å². The fourth-order valence-electron chi connectivity index (χ4n) is 3.38. The minimum absolute atomic E-state index is 0.0314. The van der Waals surface area contributed by atoms with E-state index in [4.69, 9.17) is 13.9 Å². The fraction of sp³-hybridized carbons (Fsp3) is 0.360. The summed E-state index contributed by atoms with van der Waals surface area (Å²) in [6.45, 7) is -0.0983. The zero-order valence-electron chi connectivity index (χ0n) is 18.3. The highest BCUT2D eigenvalue weighted by Crippen LogP contribution is 2.36. The molecule has 0 unspecified atom stereocenters. The van der Waals surface area contributed by atoms with Crippen molar-refractivity contribution in [3.8, 4) is 28.7 Å². The van der Waals surface area contributed by atoms with Crippen molar-refractivity contribution < 1.29 is 32.2 Å². The van der Waals surface area contributed by atoms with Gasteiger partial charge in [-0.1, -0.05) is 18.2 Å². The summed E-state index contributed by atoms with van der Waals surface area (Å²) < 4.78 is 46.9. The first-order valence-electron chi connectivity index (χ1n) is 10.9. The molecule has 0 amide bonds. The second-order valence-corrected chi connectivity index (χ2v) is 7.87. The summed E-state index contributed by atoms with van der Waals surface area (Å²) in [5.74, 6) is 1.55. The molecule has 0 atom stereocenters. The number of Topliss-reactive ketones (excluding diaryl/α,β-unsaturated/α-hetero) is 1. The Kier molecular flexibility index (Phi) is 7.22. The zero-order valence-corrected chi connectivity index (χ0v) is 18.3. The largest absolute Gasteiger partial charge is 0.494 e. The summed E-state index contributed by atoms with van der Waals surface area (Å²) in [7, 11) is 0. The van der Waals surface area contributed by atoms with Gasteiger partial charge in [0.15, 0.2) is 11.5 Å². The molecule has 0 aliphatic heterocycles. The Morgan fingerprint density at radius 3 is 2.67 bits per heavy atom. The topological polar surface area (TPSA) is 70.8 Å². The Hall–Kier alpha value is -3.42. The van der Waals surface area contributed by atoms with Crippen LogP contribution in [0.5, 0.6) is 17.2 Å². The monoisotopic (exact) mass is 457 g/mol. The quantitative estimate of drug-likeness (QED) is 0.358. The van der Waals surface area contributed by atoms with Gasteiger partial charge in [-0.15, -0.1) is 0 Å². The second-order valence-electron chi connectivity index (χ2n) is 7.87. The van der Waals surface area contributed by atoms with E-state index in [2.05, 4.69) is 9.72 Å². The molecule has 174 valence electrons. The molecule has 1 heterocycles. The van der Waals surface area contributed by atoms with Crippen LogP contribution in [0.25, 0.3) is 11.5 Å². The van der Waals surface area contributed by atoms with Crippen LogP contribution in [0.2, 0.25) is 0 Å². The molecule has 1 fully saturated rings. The number of aromatic nitrogens is 1. The van der Waals surface area contributed by atoms with Gasteiger partial charge in [0.25, 0.3) is 0 Å². The number of oxazole rings is 1. The van der Waals surface area contributed by atoms with Crippen molar-refractivity contribution in [1.29, 1.82) is 0 Å². The number of ketones is 1.